The van der Waals surface area contributed by atoms with Crippen molar-refractivity contribution in [3.63, 3.8) is 0 Å². The monoisotopic (exact) mass is 432 g/mol. The molecule has 5 heterocycles. The van der Waals surface area contributed by atoms with Crippen LogP contribution in [-0.2, 0) is 0 Å². The molecule has 0 radical (unpaired) electrons. The van der Waals surface area contributed by atoms with Crippen LogP contribution in [0.25, 0.3) is 21.5 Å². The molecule has 2 N–H and O–H groups in total. The highest BCUT2D eigenvalue weighted by Gasteiger charge is 2.49. The number of fused-ring (bicyclic) bond motifs is 3. The van der Waals surface area contributed by atoms with Gasteiger partial charge in [0, 0.05) is 36.9 Å². The summed E-state index contributed by atoms with van der Waals surface area (Å²) in [6, 6.07) is 9.64. The van der Waals surface area contributed by atoms with Gasteiger partial charge in [0.2, 0.25) is 0 Å². The Morgan fingerprint density at radius 1 is 1.20 bits per heavy atom. The van der Waals surface area contributed by atoms with E-state index in [2.05, 4.69) is 15.2 Å². The number of hydrogen-bond donors (Lipinski definition) is 2. The van der Waals surface area contributed by atoms with E-state index in [1.165, 1.54) is 17.4 Å². The lowest BCUT2D eigenvalue weighted by Crippen LogP contribution is -2.67. The number of pyridine rings is 1. The minimum absolute atomic E-state index is 0.000787. The second-order valence-corrected chi connectivity index (χ2v) is 9.36. The van der Waals surface area contributed by atoms with Gasteiger partial charge in [-0.15, -0.1) is 0 Å². The van der Waals surface area contributed by atoms with Gasteiger partial charge in [-0.25, -0.2) is 4.98 Å². The molecule has 3 aromatic rings. The number of halogens is 2. The summed E-state index contributed by atoms with van der Waals surface area (Å²) < 4.78 is 34.5. The van der Waals surface area contributed by atoms with Crippen LogP contribution in [0.15, 0.2) is 36.5 Å². The molecule has 158 valence electrons. The summed E-state index contributed by atoms with van der Waals surface area (Å²) in [5.41, 5.74) is -0.285. The van der Waals surface area contributed by atoms with E-state index in [1.54, 1.807) is 12.3 Å². The molecule has 2 aromatic heterocycles. The molecule has 0 spiro atoms. The van der Waals surface area contributed by atoms with Gasteiger partial charge in [0.15, 0.2) is 10.7 Å². The highest BCUT2D eigenvalue weighted by Crippen LogP contribution is 2.43. The van der Waals surface area contributed by atoms with Crippen molar-refractivity contribution < 1.29 is 18.6 Å². The van der Waals surface area contributed by atoms with Crippen molar-refractivity contribution in [2.24, 2.45) is 0 Å². The highest BCUT2D eigenvalue weighted by atomic mass is 32.1. The molecule has 3 aliphatic heterocycles. The van der Waals surface area contributed by atoms with Gasteiger partial charge in [-0.2, -0.15) is 8.78 Å². The van der Waals surface area contributed by atoms with Crippen molar-refractivity contribution >= 4 is 26.7 Å². The van der Waals surface area contributed by atoms with Crippen LogP contribution in [0.2, 0.25) is 0 Å². The fourth-order valence-corrected chi connectivity index (χ4v) is 4.91. The van der Waals surface area contributed by atoms with Crippen molar-refractivity contribution in [3.8, 4) is 17.0 Å². The van der Waals surface area contributed by atoms with E-state index >= 15 is 0 Å². The molecule has 0 saturated carbocycles. The number of hydrogen-bond acceptors (Lipinski definition) is 7. The quantitative estimate of drug-likeness (QED) is 0.641. The lowest BCUT2D eigenvalue weighted by atomic mass is 9.92. The van der Waals surface area contributed by atoms with Crippen molar-refractivity contribution in [2.45, 2.75) is 44.1 Å². The first-order chi connectivity index (χ1) is 14.2. The van der Waals surface area contributed by atoms with E-state index in [-0.39, 0.29) is 5.75 Å². The Hall–Kier alpha value is -2.36. The molecule has 3 fully saturated rings. The summed E-state index contributed by atoms with van der Waals surface area (Å²) >= 11 is 1.33. The number of nitrogens with zero attached hydrogens (tertiary/aromatic N) is 3. The van der Waals surface area contributed by atoms with Crippen molar-refractivity contribution in [2.75, 3.05) is 18.0 Å². The Balaban J connectivity index is 1.61. The van der Waals surface area contributed by atoms with E-state index < -0.39 is 11.7 Å². The maximum Gasteiger partial charge on any atom is 0.426 e. The number of anilines is 1. The number of aliphatic hydroxyl groups is 1. The first-order valence-corrected chi connectivity index (χ1v) is 10.7. The summed E-state index contributed by atoms with van der Waals surface area (Å²) in [5, 5.41) is 14.1. The standard InChI is InChI=1S/C21H22F2N4O2S/c1-20(2,28)21(22,23)29-16-7-6-14(15-5-3-4-8-24-15)17-18(16)30-19(26-17)27-10-12-9-13(11-27)25-12/h3-8,12-13,25,28H,9-11H2,1-2H3. The number of thiazole rings is 1. The van der Waals surface area contributed by atoms with Gasteiger partial charge in [0.25, 0.3) is 0 Å². The van der Waals surface area contributed by atoms with Crippen LogP contribution in [0.5, 0.6) is 5.75 Å². The summed E-state index contributed by atoms with van der Waals surface area (Å²) in [4.78, 5) is 11.4. The second-order valence-electron chi connectivity index (χ2n) is 8.38. The van der Waals surface area contributed by atoms with E-state index in [9.17, 15) is 13.9 Å². The zero-order chi connectivity index (χ0) is 21.1. The number of rotatable bonds is 5. The number of piperazine rings is 1. The van der Waals surface area contributed by atoms with Crippen LogP contribution in [-0.4, -0.2) is 52.0 Å². The van der Waals surface area contributed by atoms with E-state index in [0.717, 1.165) is 44.1 Å². The number of benzene rings is 1. The number of ether oxygens (including phenoxy) is 1. The lowest BCUT2D eigenvalue weighted by molar-refractivity contribution is -0.275. The normalized spacial score (nSPS) is 21.6. The zero-order valence-corrected chi connectivity index (χ0v) is 17.4. The van der Waals surface area contributed by atoms with Crippen LogP contribution in [0.3, 0.4) is 0 Å². The molecule has 6 nitrogen and oxygen atoms in total. The molecular weight excluding hydrogens is 410 g/mol. The van der Waals surface area contributed by atoms with Gasteiger partial charge in [0.05, 0.1) is 15.9 Å². The van der Waals surface area contributed by atoms with Gasteiger partial charge < -0.3 is 20.1 Å². The van der Waals surface area contributed by atoms with Crippen molar-refractivity contribution in [3.05, 3.63) is 36.5 Å². The third kappa shape index (κ3) is 3.30. The first-order valence-electron chi connectivity index (χ1n) is 9.86. The van der Waals surface area contributed by atoms with Crippen molar-refractivity contribution in [1.82, 2.24) is 15.3 Å². The topological polar surface area (TPSA) is 70.5 Å². The smallest absolute Gasteiger partial charge is 0.426 e. The molecule has 3 aliphatic rings. The summed E-state index contributed by atoms with van der Waals surface area (Å²) in [6.07, 6.45) is -0.912. The number of piperidine rings is 1. The van der Waals surface area contributed by atoms with Crippen LogP contribution < -0.4 is 15.0 Å². The molecule has 0 aliphatic carbocycles. The van der Waals surface area contributed by atoms with E-state index in [0.29, 0.717) is 28.0 Å². The lowest BCUT2D eigenvalue weighted by Gasteiger charge is -2.48. The Morgan fingerprint density at radius 2 is 1.93 bits per heavy atom. The van der Waals surface area contributed by atoms with Gasteiger partial charge >= 0.3 is 6.11 Å². The molecule has 2 bridgehead atoms. The zero-order valence-electron chi connectivity index (χ0n) is 16.6. The maximum atomic E-state index is 14.5. The minimum atomic E-state index is -3.76. The number of nitrogens with one attached hydrogen (secondary N) is 1. The molecule has 30 heavy (non-hydrogen) atoms. The number of alkyl halides is 2. The average molecular weight is 432 g/mol. The SMILES string of the molecule is CC(C)(O)C(F)(F)Oc1ccc(-c2ccccn2)c2nc(N3CC4CC(C3)N4)sc12. The molecular formula is C21H22F2N4O2S. The molecule has 0 amide bonds. The van der Waals surface area contributed by atoms with Crippen LogP contribution >= 0.6 is 11.3 Å². The van der Waals surface area contributed by atoms with Crippen LogP contribution in [0.1, 0.15) is 20.3 Å². The summed E-state index contributed by atoms with van der Waals surface area (Å²) in [7, 11) is 0. The Bertz CT molecular complexity index is 1070. The van der Waals surface area contributed by atoms with Crippen molar-refractivity contribution in [1.29, 1.82) is 0 Å². The first kappa shape index (κ1) is 19.6. The summed E-state index contributed by atoms with van der Waals surface area (Å²) in [5.74, 6) is 0.000787. The molecule has 1 aromatic carbocycles. The van der Waals surface area contributed by atoms with Gasteiger partial charge in [-0.05, 0) is 44.5 Å². The molecule has 2 unspecified atom stereocenters. The van der Waals surface area contributed by atoms with Crippen LogP contribution in [0.4, 0.5) is 13.9 Å². The van der Waals surface area contributed by atoms with Gasteiger partial charge in [-0.1, -0.05) is 17.4 Å². The Morgan fingerprint density at radius 3 is 2.57 bits per heavy atom. The highest BCUT2D eigenvalue weighted by molar-refractivity contribution is 7.22. The molecule has 2 atom stereocenters. The fraction of sp³-hybridized carbons (Fsp3) is 0.429. The third-order valence-corrected chi connectivity index (χ3v) is 6.71. The Kier molecular flexibility index (Phi) is 4.46. The van der Waals surface area contributed by atoms with E-state index in [1.807, 2.05) is 18.2 Å². The fourth-order valence-electron chi connectivity index (χ4n) is 3.85. The Labute approximate surface area is 176 Å². The van der Waals surface area contributed by atoms with Crippen LogP contribution in [0, 0.1) is 0 Å². The third-order valence-electron chi connectivity index (χ3n) is 5.58. The second kappa shape index (κ2) is 6.83. The minimum Gasteiger partial charge on any atom is -0.429 e. The predicted octanol–water partition coefficient (Wildman–Crippen LogP) is 3.65. The maximum absolute atomic E-state index is 14.5. The summed E-state index contributed by atoms with van der Waals surface area (Å²) in [6.45, 7) is 3.73. The average Bonchev–Trinajstić information content (AvgIpc) is 3.13. The largest absolute Gasteiger partial charge is 0.429 e. The molecule has 9 heteroatoms. The van der Waals surface area contributed by atoms with Gasteiger partial charge in [0.1, 0.15) is 5.75 Å². The predicted molar refractivity (Wildman–Crippen MR) is 112 cm³/mol. The van der Waals surface area contributed by atoms with E-state index in [4.69, 9.17) is 9.72 Å². The molecule has 3 saturated heterocycles. The molecule has 6 rings (SSSR count). The van der Waals surface area contributed by atoms with Gasteiger partial charge in [-0.3, -0.25) is 4.98 Å². The number of aromatic nitrogens is 2.